The number of hydrogen-bond donors (Lipinski definition) is 1. The van der Waals surface area contributed by atoms with Crippen molar-refractivity contribution in [2.45, 2.75) is 39.7 Å². The van der Waals surface area contributed by atoms with Crippen molar-refractivity contribution >= 4 is 5.91 Å². The van der Waals surface area contributed by atoms with Gasteiger partial charge in [0.1, 0.15) is 6.54 Å². The number of carbonyl (C=O) groups excluding carboxylic acids is 1. The summed E-state index contributed by atoms with van der Waals surface area (Å²) in [5, 5.41) is 7.21. The maximum atomic E-state index is 12.2. The minimum Gasteiger partial charge on any atom is -0.354 e. The largest absolute Gasteiger partial charge is 0.354 e. The number of benzene rings is 1. The van der Waals surface area contributed by atoms with E-state index in [1.807, 2.05) is 30.3 Å². The third kappa shape index (κ3) is 6.98. The summed E-state index contributed by atoms with van der Waals surface area (Å²) in [7, 11) is 0. The summed E-state index contributed by atoms with van der Waals surface area (Å²) in [5.74, 6) is -0.189. The van der Waals surface area contributed by atoms with Gasteiger partial charge in [-0.1, -0.05) is 50.6 Å². The van der Waals surface area contributed by atoms with Crippen LogP contribution >= 0.6 is 0 Å². The van der Waals surface area contributed by atoms with Crippen molar-refractivity contribution < 1.29 is 4.79 Å². The summed E-state index contributed by atoms with van der Waals surface area (Å²) in [6, 6.07) is 12.7. The molecule has 0 aliphatic rings. The van der Waals surface area contributed by atoms with Gasteiger partial charge in [-0.3, -0.25) is 9.59 Å². The van der Waals surface area contributed by atoms with Gasteiger partial charge < -0.3 is 10.2 Å². The Morgan fingerprint density at radius 1 is 1.07 bits per heavy atom. The van der Waals surface area contributed by atoms with E-state index >= 15 is 0 Å². The zero-order valence-electron chi connectivity index (χ0n) is 16.4. The van der Waals surface area contributed by atoms with Crippen molar-refractivity contribution in [3.63, 3.8) is 0 Å². The second-order valence-electron chi connectivity index (χ2n) is 6.57. The highest BCUT2D eigenvalue weighted by molar-refractivity contribution is 5.75. The summed E-state index contributed by atoms with van der Waals surface area (Å²) in [6.07, 6.45) is 3.29. The van der Waals surface area contributed by atoms with Gasteiger partial charge in [-0.15, -0.1) is 0 Å². The lowest BCUT2D eigenvalue weighted by molar-refractivity contribution is -0.121. The molecule has 1 aromatic heterocycles. The Morgan fingerprint density at radius 2 is 1.81 bits per heavy atom. The molecule has 146 valence electrons. The number of carbonyl (C=O) groups is 1. The second-order valence-corrected chi connectivity index (χ2v) is 6.57. The van der Waals surface area contributed by atoms with Crippen molar-refractivity contribution in [1.82, 2.24) is 20.0 Å². The predicted octanol–water partition coefficient (Wildman–Crippen LogP) is 2.54. The Bertz CT molecular complexity index is 758. The van der Waals surface area contributed by atoms with Crippen molar-refractivity contribution in [3.8, 4) is 11.3 Å². The number of nitrogens with zero attached hydrogens (tertiary/aromatic N) is 3. The van der Waals surface area contributed by atoms with E-state index in [-0.39, 0.29) is 18.0 Å². The number of hydrogen-bond acceptors (Lipinski definition) is 4. The topological polar surface area (TPSA) is 67.2 Å². The zero-order chi connectivity index (χ0) is 19.5. The summed E-state index contributed by atoms with van der Waals surface area (Å²) in [4.78, 5) is 26.6. The SMILES string of the molecule is CCCCN(CC)CCCNC(=O)Cn1nc(-c2ccccc2)ccc1=O. The Kier molecular flexibility index (Phi) is 8.71. The Balaban J connectivity index is 1.84. The van der Waals surface area contributed by atoms with Crippen LogP contribution in [0.3, 0.4) is 0 Å². The van der Waals surface area contributed by atoms with Crippen LogP contribution in [0.15, 0.2) is 47.3 Å². The molecule has 27 heavy (non-hydrogen) atoms. The molecule has 2 rings (SSSR count). The van der Waals surface area contributed by atoms with Gasteiger partial charge in [0.05, 0.1) is 5.69 Å². The first-order valence-electron chi connectivity index (χ1n) is 9.76. The molecule has 0 aliphatic carbocycles. The van der Waals surface area contributed by atoms with Gasteiger partial charge in [-0.2, -0.15) is 5.10 Å². The Hall–Kier alpha value is -2.47. The molecule has 0 radical (unpaired) electrons. The van der Waals surface area contributed by atoms with Crippen molar-refractivity contribution in [2.24, 2.45) is 0 Å². The highest BCUT2D eigenvalue weighted by atomic mass is 16.2. The van der Waals surface area contributed by atoms with E-state index in [9.17, 15) is 9.59 Å². The van der Waals surface area contributed by atoms with Crippen LogP contribution in [-0.4, -0.2) is 46.8 Å². The highest BCUT2D eigenvalue weighted by Gasteiger charge is 2.08. The van der Waals surface area contributed by atoms with Gasteiger partial charge in [-0.05, 0) is 38.5 Å². The molecule has 0 fully saturated rings. The molecule has 1 aromatic carbocycles. The number of aromatic nitrogens is 2. The first-order valence-corrected chi connectivity index (χ1v) is 9.76. The predicted molar refractivity (Wildman–Crippen MR) is 109 cm³/mol. The third-order valence-corrected chi connectivity index (χ3v) is 4.48. The number of nitrogens with one attached hydrogen (secondary N) is 1. The lowest BCUT2D eigenvalue weighted by atomic mass is 10.1. The summed E-state index contributed by atoms with van der Waals surface area (Å²) in [5.41, 5.74) is 1.32. The van der Waals surface area contributed by atoms with Crippen molar-refractivity contribution in [1.29, 1.82) is 0 Å². The zero-order valence-corrected chi connectivity index (χ0v) is 16.4. The van der Waals surface area contributed by atoms with Crippen molar-refractivity contribution in [2.75, 3.05) is 26.2 Å². The van der Waals surface area contributed by atoms with E-state index in [2.05, 4.69) is 29.2 Å². The van der Waals surface area contributed by atoms with Gasteiger partial charge in [0, 0.05) is 18.2 Å². The molecule has 0 atom stereocenters. The van der Waals surface area contributed by atoms with E-state index in [1.165, 1.54) is 23.6 Å². The molecule has 1 N–H and O–H groups in total. The van der Waals surface area contributed by atoms with Gasteiger partial charge in [-0.25, -0.2) is 4.68 Å². The second kappa shape index (κ2) is 11.3. The molecule has 6 nitrogen and oxygen atoms in total. The molecule has 1 amide bonds. The molecule has 0 spiro atoms. The fourth-order valence-electron chi connectivity index (χ4n) is 2.86. The van der Waals surface area contributed by atoms with E-state index < -0.39 is 0 Å². The molecule has 2 aromatic rings. The summed E-state index contributed by atoms with van der Waals surface area (Å²) < 4.78 is 1.22. The van der Waals surface area contributed by atoms with Crippen LogP contribution in [0.1, 0.15) is 33.1 Å². The smallest absolute Gasteiger partial charge is 0.267 e. The average molecular weight is 370 g/mol. The first kappa shape index (κ1) is 20.8. The number of amides is 1. The lowest BCUT2D eigenvalue weighted by Gasteiger charge is -2.19. The van der Waals surface area contributed by atoms with Gasteiger partial charge in [0.15, 0.2) is 0 Å². The van der Waals surface area contributed by atoms with Gasteiger partial charge in [0.2, 0.25) is 5.91 Å². The minimum atomic E-state index is -0.276. The molecule has 0 saturated heterocycles. The molecular formula is C21H30N4O2. The quantitative estimate of drug-likeness (QED) is 0.617. The van der Waals surface area contributed by atoms with Crippen LogP contribution in [0, 0.1) is 0 Å². The van der Waals surface area contributed by atoms with Crippen LogP contribution in [0.5, 0.6) is 0 Å². The maximum Gasteiger partial charge on any atom is 0.267 e. The summed E-state index contributed by atoms with van der Waals surface area (Å²) >= 11 is 0. The van der Waals surface area contributed by atoms with Crippen LogP contribution in [-0.2, 0) is 11.3 Å². The van der Waals surface area contributed by atoms with E-state index in [0.29, 0.717) is 12.2 Å². The molecule has 0 saturated carbocycles. The Morgan fingerprint density at radius 3 is 2.52 bits per heavy atom. The first-order chi connectivity index (χ1) is 13.1. The van der Waals surface area contributed by atoms with Crippen LogP contribution in [0.25, 0.3) is 11.3 Å². The molecule has 0 bridgehead atoms. The normalized spacial score (nSPS) is 10.9. The molecule has 6 heteroatoms. The van der Waals surface area contributed by atoms with E-state index in [0.717, 1.165) is 31.6 Å². The standard InChI is InChI=1S/C21H30N4O2/c1-3-5-15-24(4-2)16-9-14-22-20(26)17-25-21(27)13-12-19(23-25)18-10-7-6-8-11-18/h6-8,10-13H,3-5,9,14-17H2,1-2H3,(H,22,26). The summed E-state index contributed by atoms with van der Waals surface area (Å²) in [6.45, 7) is 7.99. The van der Waals surface area contributed by atoms with Crippen LogP contribution < -0.4 is 10.9 Å². The Labute approximate surface area is 161 Å². The van der Waals surface area contributed by atoms with Crippen molar-refractivity contribution in [3.05, 3.63) is 52.8 Å². The monoisotopic (exact) mass is 370 g/mol. The average Bonchev–Trinajstić information content (AvgIpc) is 2.70. The molecular weight excluding hydrogens is 340 g/mol. The van der Waals surface area contributed by atoms with Crippen LogP contribution in [0.2, 0.25) is 0 Å². The highest BCUT2D eigenvalue weighted by Crippen LogP contribution is 2.13. The van der Waals surface area contributed by atoms with Gasteiger partial charge in [0.25, 0.3) is 5.56 Å². The lowest BCUT2D eigenvalue weighted by Crippen LogP contribution is -2.35. The fourth-order valence-corrected chi connectivity index (χ4v) is 2.86. The van der Waals surface area contributed by atoms with E-state index in [4.69, 9.17) is 0 Å². The van der Waals surface area contributed by atoms with Gasteiger partial charge >= 0.3 is 0 Å². The molecule has 0 unspecified atom stereocenters. The fraction of sp³-hybridized carbons (Fsp3) is 0.476. The molecule has 0 aliphatic heterocycles. The molecule has 1 heterocycles. The number of rotatable bonds is 11. The maximum absolute atomic E-state index is 12.2. The minimum absolute atomic E-state index is 0.0627. The third-order valence-electron chi connectivity index (χ3n) is 4.48. The van der Waals surface area contributed by atoms with Crippen LogP contribution in [0.4, 0.5) is 0 Å². The number of unbranched alkanes of at least 4 members (excludes halogenated alkanes) is 1. The van der Waals surface area contributed by atoms with E-state index in [1.54, 1.807) is 6.07 Å².